The third-order valence-electron chi connectivity index (χ3n) is 3.29. The Hall–Kier alpha value is -2.01. The Kier molecular flexibility index (Phi) is 3.96. The fraction of sp³-hybridized carbons (Fsp3) is 0.438. The molecule has 2 amide bonds. The fourth-order valence-electron chi connectivity index (χ4n) is 2.38. The second kappa shape index (κ2) is 5.41. The number of hydrogen-bond donors (Lipinski definition) is 1. The molecule has 1 heterocycles. The topological polar surface area (TPSA) is 66.5 Å². The van der Waals surface area contributed by atoms with Crippen LogP contribution in [-0.4, -0.2) is 29.2 Å². The van der Waals surface area contributed by atoms with Gasteiger partial charge >= 0.3 is 0 Å². The molecule has 1 atom stereocenters. The molecule has 0 aliphatic carbocycles. The molecule has 1 aliphatic rings. The van der Waals surface area contributed by atoms with E-state index in [1.165, 1.54) is 11.8 Å². The molecule has 1 unspecified atom stereocenters. The van der Waals surface area contributed by atoms with E-state index in [-0.39, 0.29) is 29.6 Å². The summed E-state index contributed by atoms with van der Waals surface area (Å²) >= 11 is 0. The number of nitrogens with zero attached hydrogens (tertiary/aromatic N) is 1. The van der Waals surface area contributed by atoms with Crippen molar-refractivity contribution in [2.75, 3.05) is 4.90 Å². The minimum Gasteiger partial charge on any atom is -0.301 e. The molecule has 112 valence electrons. The summed E-state index contributed by atoms with van der Waals surface area (Å²) in [5, 5.41) is 3.16. The maximum Gasteiger partial charge on any atom is 0.251 e. The Labute approximate surface area is 124 Å². The maximum atomic E-state index is 12.4. The summed E-state index contributed by atoms with van der Waals surface area (Å²) in [6, 6.07) is 6.02. The quantitative estimate of drug-likeness (QED) is 0.681. The molecule has 1 N–H and O–H groups in total. The molecule has 2 rings (SSSR count). The van der Waals surface area contributed by atoms with Crippen LogP contribution >= 0.6 is 0 Å². The van der Waals surface area contributed by atoms with Crippen LogP contribution in [0.5, 0.6) is 0 Å². The molecule has 1 aromatic carbocycles. The van der Waals surface area contributed by atoms with Crippen molar-refractivity contribution in [2.24, 2.45) is 0 Å². The highest BCUT2D eigenvalue weighted by atomic mass is 16.2. The van der Waals surface area contributed by atoms with Crippen LogP contribution in [0, 0.1) is 0 Å². The van der Waals surface area contributed by atoms with E-state index in [9.17, 15) is 14.4 Å². The summed E-state index contributed by atoms with van der Waals surface area (Å²) in [4.78, 5) is 36.9. The highest BCUT2D eigenvalue weighted by Crippen LogP contribution is 2.24. The van der Waals surface area contributed by atoms with Gasteiger partial charge in [0.25, 0.3) is 5.91 Å². The van der Waals surface area contributed by atoms with Gasteiger partial charge in [0.05, 0.1) is 18.2 Å². The van der Waals surface area contributed by atoms with Gasteiger partial charge < -0.3 is 5.32 Å². The average Bonchev–Trinajstić information content (AvgIpc) is 2.62. The van der Waals surface area contributed by atoms with E-state index in [0.717, 1.165) is 0 Å². The smallest absolute Gasteiger partial charge is 0.251 e. The highest BCUT2D eigenvalue weighted by Gasteiger charge is 2.40. The minimum absolute atomic E-state index is 0.0482. The number of hydrogen-bond acceptors (Lipinski definition) is 4. The van der Waals surface area contributed by atoms with Crippen LogP contribution in [0.1, 0.15) is 44.5 Å². The molecule has 21 heavy (non-hydrogen) atoms. The monoisotopic (exact) mass is 288 g/mol. The first-order valence-electron chi connectivity index (χ1n) is 6.94. The molecule has 1 saturated heterocycles. The molecular formula is C16H20N2O3. The molecule has 0 aromatic heterocycles. The Balaban J connectivity index is 2.22. The van der Waals surface area contributed by atoms with Gasteiger partial charge in [0.1, 0.15) is 0 Å². The molecule has 0 bridgehead atoms. The highest BCUT2D eigenvalue weighted by molar-refractivity contribution is 6.22. The van der Waals surface area contributed by atoms with Crippen molar-refractivity contribution in [3.05, 3.63) is 29.8 Å². The van der Waals surface area contributed by atoms with Crippen LogP contribution in [0.25, 0.3) is 0 Å². The zero-order valence-electron chi connectivity index (χ0n) is 12.8. The Morgan fingerprint density at radius 2 is 1.76 bits per heavy atom. The van der Waals surface area contributed by atoms with Crippen LogP contribution in [0.15, 0.2) is 24.3 Å². The SMILES string of the molecule is CC(=O)c1ccc(N2C(=O)CC(NC(C)(C)C)C2=O)cc1. The third-order valence-corrected chi connectivity index (χ3v) is 3.29. The number of Topliss-reactive ketones (excluding diaryl/α,β-unsaturated/α-hetero) is 1. The van der Waals surface area contributed by atoms with Crippen molar-refractivity contribution < 1.29 is 14.4 Å². The summed E-state index contributed by atoms with van der Waals surface area (Å²) in [6.07, 6.45) is 0.157. The lowest BCUT2D eigenvalue weighted by Crippen LogP contribution is -2.47. The summed E-state index contributed by atoms with van der Waals surface area (Å²) in [5.41, 5.74) is 0.824. The van der Waals surface area contributed by atoms with Crippen molar-refractivity contribution >= 4 is 23.3 Å². The zero-order valence-corrected chi connectivity index (χ0v) is 12.8. The minimum atomic E-state index is -0.495. The van der Waals surface area contributed by atoms with Crippen molar-refractivity contribution in [1.29, 1.82) is 0 Å². The number of anilines is 1. The lowest BCUT2D eigenvalue weighted by molar-refractivity contribution is -0.121. The van der Waals surface area contributed by atoms with Gasteiger partial charge in [-0.1, -0.05) is 0 Å². The van der Waals surface area contributed by atoms with Gasteiger partial charge in [0, 0.05) is 11.1 Å². The lowest BCUT2D eigenvalue weighted by Gasteiger charge is -2.24. The zero-order chi connectivity index (χ0) is 15.8. The molecule has 5 heteroatoms. The molecule has 0 saturated carbocycles. The van der Waals surface area contributed by atoms with Crippen molar-refractivity contribution in [2.45, 2.75) is 45.7 Å². The standard InChI is InChI=1S/C16H20N2O3/c1-10(19)11-5-7-12(8-6-11)18-14(20)9-13(15(18)21)17-16(2,3)4/h5-8,13,17H,9H2,1-4H3. The van der Waals surface area contributed by atoms with Crippen molar-refractivity contribution in [3.8, 4) is 0 Å². The van der Waals surface area contributed by atoms with Crippen LogP contribution in [-0.2, 0) is 9.59 Å². The van der Waals surface area contributed by atoms with E-state index < -0.39 is 6.04 Å². The normalized spacial score (nSPS) is 19.2. The number of rotatable bonds is 3. The summed E-state index contributed by atoms with van der Waals surface area (Å²) in [6.45, 7) is 7.34. The Morgan fingerprint density at radius 1 is 1.19 bits per heavy atom. The van der Waals surface area contributed by atoms with Gasteiger partial charge in [-0.25, -0.2) is 4.90 Å². The number of carbonyl (C=O) groups is 3. The van der Waals surface area contributed by atoms with Crippen LogP contribution in [0.2, 0.25) is 0 Å². The van der Waals surface area contributed by atoms with Crippen LogP contribution in [0.4, 0.5) is 5.69 Å². The number of benzene rings is 1. The molecule has 1 aromatic rings. The van der Waals surface area contributed by atoms with E-state index >= 15 is 0 Å². The van der Waals surface area contributed by atoms with Crippen LogP contribution in [0.3, 0.4) is 0 Å². The van der Waals surface area contributed by atoms with Gasteiger partial charge in [-0.3, -0.25) is 14.4 Å². The number of imide groups is 1. The first-order chi connectivity index (χ1) is 9.69. The fourth-order valence-corrected chi connectivity index (χ4v) is 2.38. The second-order valence-electron chi connectivity index (χ2n) is 6.32. The number of ketones is 1. The van der Waals surface area contributed by atoms with Gasteiger partial charge in [-0.15, -0.1) is 0 Å². The van der Waals surface area contributed by atoms with Gasteiger partial charge in [0.2, 0.25) is 5.91 Å². The first-order valence-corrected chi connectivity index (χ1v) is 6.94. The number of amides is 2. The van der Waals surface area contributed by atoms with Crippen molar-refractivity contribution in [3.63, 3.8) is 0 Å². The Bertz CT molecular complexity index is 585. The van der Waals surface area contributed by atoms with Gasteiger partial charge in [-0.2, -0.15) is 0 Å². The van der Waals surface area contributed by atoms with Gasteiger partial charge in [0.15, 0.2) is 5.78 Å². The largest absolute Gasteiger partial charge is 0.301 e. The van der Waals surface area contributed by atoms with E-state index in [4.69, 9.17) is 0 Å². The molecule has 0 radical (unpaired) electrons. The first kappa shape index (κ1) is 15.4. The van der Waals surface area contributed by atoms with E-state index in [0.29, 0.717) is 11.3 Å². The molecule has 1 fully saturated rings. The predicted octanol–water partition coefficient (Wildman–Crippen LogP) is 1.91. The average molecular weight is 288 g/mol. The van der Waals surface area contributed by atoms with E-state index in [2.05, 4.69) is 5.32 Å². The summed E-state index contributed by atoms with van der Waals surface area (Å²) < 4.78 is 0. The summed E-state index contributed by atoms with van der Waals surface area (Å²) in [7, 11) is 0. The number of nitrogens with one attached hydrogen (secondary N) is 1. The van der Waals surface area contributed by atoms with Crippen LogP contribution < -0.4 is 10.2 Å². The van der Waals surface area contributed by atoms with Crippen molar-refractivity contribution in [1.82, 2.24) is 5.32 Å². The second-order valence-corrected chi connectivity index (χ2v) is 6.32. The number of carbonyl (C=O) groups excluding carboxylic acids is 3. The third kappa shape index (κ3) is 3.36. The van der Waals surface area contributed by atoms with Gasteiger partial charge in [-0.05, 0) is 52.0 Å². The molecule has 5 nitrogen and oxygen atoms in total. The lowest BCUT2D eigenvalue weighted by atomic mass is 10.1. The maximum absolute atomic E-state index is 12.4. The van der Waals surface area contributed by atoms with E-state index in [1.54, 1.807) is 24.3 Å². The predicted molar refractivity (Wildman–Crippen MR) is 80.2 cm³/mol. The molecule has 1 aliphatic heterocycles. The van der Waals surface area contributed by atoms with E-state index in [1.807, 2.05) is 20.8 Å². The summed E-state index contributed by atoms with van der Waals surface area (Å²) in [5.74, 6) is -0.518. The molecule has 0 spiro atoms. The molecular weight excluding hydrogens is 268 g/mol. The Morgan fingerprint density at radius 3 is 2.24 bits per heavy atom.